The lowest BCUT2D eigenvalue weighted by Crippen LogP contribution is -2.53. The third-order valence-electron chi connectivity index (χ3n) is 2.14. The van der Waals surface area contributed by atoms with E-state index in [0.717, 1.165) is 6.54 Å². The maximum absolute atomic E-state index is 11.5. The van der Waals surface area contributed by atoms with Gasteiger partial charge in [-0.2, -0.15) is 5.26 Å². The number of amides is 1. The number of piperazine rings is 1. The molecule has 1 aliphatic heterocycles. The van der Waals surface area contributed by atoms with E-state index in [0.29, 0.717) is 19.7 Å². The Labute approximate surface area is 83.6 Å². The molecule has 78 valence electrons. The van der Waals surface area contributed by atoms with Crippen molar-refractivity contribution in [2.45, 2.75) is 13.0 Å². The summed E-state index contributed by atoms with van der Waals surface area (Å²) < 4.78 is 5.02. The van der Waals surface area contributed by atoms with Crippen LogP contribution in [0.4, 0.5) is 0 Å². The van der Waals surface area contributed by atoms with E-state index in [1.165, 1.54) is 0 Å². The first-order chi connectivity index (χ1) is 6.79. The second-order valence-electron chi connectivity index (χ2n) is 3.07. The van der Waals surface area contributed by atoms with Crippen molar-refractivity contribution < 1.29 is 9.53 Å². The minimum Gasteiger partial charge on any atom is -0.372 e. The molecule has 5 nitrogen and oxygen atoms in total. The Bertz CT molecular complexity index is 237. The summed E-state index contributed by atoms with van der Waals surface area (Å²) in [6.45, 7) is 4.32. The molecule has 1 N–H and O–H groups in total. The molecule has 1 fully saturated rings. The van der Waals surface area contributed by atoms with E-state index in [4.69, 9.17) is 10.00 Å². The molecule has 0 aromatic heterocycles. The molecule has 0 aromatic rings. The molecule has 14 heavy (non-hydrogen) atoms. The van der Waals surface area contributed by atoms with Gasteiger partial charge in [-0.15, -0.1) is 0 Å². The fourth-order valence-corrected chi connectivity index (χ4v) is 1.39. The first-order valence-electron chi connectivity index (χ1n) is 4.77. The lowest BCUT2D eigenvalue weighted by Gasteiger charge is -2.31. The number of hydrogen-bond donors (Lipinski definition) is 1. The van der Waals surface area contributed by atoms with Gasteiger partial charge in [-0.25, -0.2) is 0 Å². The van der Waals surface area contributed by atoms with Crippen LogP contribution in [0.3, 0.4) is 0 Å². The maximum atomic E-state index is 11.5. The SMILES string of the molecule is CCOCC(=O)N1CCNCC1C#N. The summed E-state index contributed by atoms with van der Waals surface area (Å²) >= 11 is 0. The summed E-state index contributed by atoms with van der Waals surface area (Å²) in [4.78, 5) is 13.1. The molecule has 1 aliphatic rings. The number of hydrogen-bond acceptors (Lipinski definition) is 4. The number of nitrogens with one attached hydrogen (secondary N) is 1. The van der Waals surface area contributed by atoms with Crippen LogP contribution in [-0.2, 0) is 9.53 Å². The number of carbonyl (C=O) groups excluding carboxylic acids is 1. The van der Waals surface area contributed by atoms with E-state index in [1.807, 2.05) is 6.92 Å². The molecule has 0 aliphatic carbocycles. The van der Waals surface area contributed by atoms with Gasteiger partial charge >= 0.3 is 0 Å². The van der Waals surface area contributed by atoms with Crippen molar-refractivity contribution in [1.82, 2.24) is 10.2 Å². The van der Waals surface area contributed by atoms with Crippen molar-refractivity contribution in [1.29, 1.82) is 5.26 Å². The first kappa shape index (κ1) is 11.0. The number of nitriles is 1. The lowest BCUT2D eigenvalue weighted by atomic mass is 10.2. The van der Waals surface area contributed by atoms with Crippen LogP contribution in [0.2, 0.25) is 0 Å². The van der Waals surface area contributed by atoms with Crippen LogP contribution in [0.15, 0.2) is 0 Å². The summed E-state index contributed by atoms with van der Waals surface area (Å²) in [7, 11) is 0. The lowest BCUT2D eigenvalue weighted by molar-refractivity contribution is -0.138. The van der Waals surface area contributed by atoms with Gasteiger partial charge in [-0.1, -0.05) is 0 Å². The van der Waals surface area contributed by atoms with Crippen LogP contribution in [0.1, 0.15) is 6.92 Å². The zero-order chi connectivity index (χ0) is 10.4. The van der Waals surface area contributed by atoms with E-state index in [2.05, 4.69) is 11.4 Å². The molecule has 1 unspecified atom stereocenters. The molecule has 5 heteroatoms. The molecular weight excluding hydrogens is 182 g/mol. The minimum absolute atomic E-state index is 0.0781. The van der Waals surface area contributed by atoms with Crippen LogP contribution in [0.25, 0.3) is 0 Å². The minimum atomic E-state index is -0.350. The molecule has 1 rings (SSSR count). The third kappa shape index (κ3) is 2.69. The first-order valence-corrected chi connectivity index (χ1v) is 4.77. The molecule has 0 radical (unpaired) electrons. The summed E-state index contributed by atoms with van der Waals surface area (Å²) in [5, 5.41) is 11.9. The normalized spacial score (nSPS) is 21.7. The van der Waals surface area contributed by atoms with Crippen LogP contribution >= 0.6 is 0 Å². The smallest absolute Gasteiger partial charge is 0.249 e. The Kier molecular flexibility index (Phi) is 4.36. The summed E-state index contributed by atoms with van der Waals surface area (Å²) in [5.74, 6) is -0.0973. The predicted octanol–water partition coefficient (Wildman–Crippen LogP) is -0.653. The highest BCUT2D eigenvalue weighted by atomic mass is 16.5. The zero-order valence-corrected chi connectivity index (χ0v) is 8.32. The second-order valence-corrected chi connectivity index (χ2v) is 3.07. The monoisotopic (exact) mass is 197 g/mol. The number of rotatable bonds is 3. The fourth-order valence-electron chi connectivity index (χ4n) is 1.39. The molecule has 0 saturated carbocycles. The van der Waals surface area contributed by atoms with Crippen LogP contribution in [-0.4, -0.2) is 49.7 Å². The molecule has 1 saturated heterocycles. The predicted molar refractivity (Wildman–Crippen MR) is 50.5 cm³/mol. The summed E-state index contributed by atoms with van der Waals surface area (Å²) in [5.41, 5.74) is 0. The number of carbonyl (C=O) groups is 1. The van der Waals surface area contributed by atoms with Gasteiger partial charge in [0.25, 0.3) is 0 Å². The highest BCUT2D eigenvalue weighted by molar-refractivity contribution is 5.78. The Hall–Kier alpha value is -1.12. The quantitative estimate of drug-likeness (QED) is 0.652. The molecule has 1 atom stereocenters. The maximum Gasteiger partial charge on any atom is 0.249 e. The molecule has 0 spiro atoms. The van der Waals surface area contributed by atoms with Gasteiger partial charge in [0, 0.05) is 26.2 Å². The van der Waals surface area contributed by atoms with Gasteiger partial charge in [0.05, 0.1) is 6.07 Å². The Balaban J connectivity index is 2.47. The van der Waals surface area contributed by atoms with Crippen LogP contribution < -0.4 is 5.32 Å². The highest BCUT2D eigenvalue weighted by Gasteiger charge is 2.25. The average Bonchev–Trinajstić information content (AvgIpc) is 2.25. The number of nitrogens with zero attached hydrogens (tertiary/aromatic N) is 2. The van der Waals surface area contributed by atoms with E-state index in [-0.39, 0.29) is 18.6 Å². The van der Waals surface area contributed by atoms with Gasteiger partial charge in [-0.05, 0) is 6.92 Å². The molecular formula is C9H15N3O2. The van der Waals surface area contributed by atoms with Crippen molar-refractivity contribution in [3.05, 3.63) is 0 Å². The van der Waals surface area contributed by atoms with Crippen molar-refractivity contribution in [3.8, 4) is 6.07 Å². The van der Waals surface area contributed by atoms with Crippen molar-refractivity contribution in [2.75, 3.05) is 32.8 Å². The molecule has 0 aromatic carbocycles. The van der Waals surface area contributed by atoms with E-state index < -0.39 is 0 Å². The average molecular weight is 197 g/mol. The van der Waals surface area contributed by atoms with Gasteiger partial charge in [0.1, 0.15) is 12.6 Å². The topological polar surface area (TPSA) is 65.4 Å². The van der Waals surface area contributed by atoms with Gasteiger partial charge in [0.2, 0.25) is 5.91 Å². The Morgan fingerprint density at radius 2 is 2.57 bits per heavy atom. The van der Waals surface area contributed by atoms with Crippen molar-refractivity contribution in [2.24, 2.45) is 0 Å². The molecule has 1 amide bonds. The van der Waals surface area contributed by atoms with Gasteiger partial charge < -0.3 is 15.0 Å². The molecule has 1 heterocycles. The van der Waals surface area contributed by atoms with Gasteiger partial charge in [0.15, 0.2) is 0 Å². The summed E-state index contributed by atoms with van der Waals surface area (Å²) in [6.07, 6.45) is 0. The Morgan fingerprint density at radius 3 is 3.21 bits per heavy atom. The van der Waals surface area contributed by atoms with E-state index >= 15 is 0 Å². The second kappa shape index (κ2) is 5.58. The standard InChI is InChI=1S/C9H15N3O2/c1-2-14-7-9(13)12-4-3-11-6-8(12)5-10/h8,11H,2-4,6-7H2,1H3. The van der Waals surface area contributed by atoms with Crippen LogP contribution in [0, 0.1) is 11.3 Å². The van der Waals surface area contributed by atoms with E-state index in [9.17, 15) is 4.79 Å². The Morgan fingerprint density at radius 1 is 1.79 bits per heavy atom. The van der Waals surface area contributed by atoms with Gasteiger partial charge in [-0.3, -0.25) is 4.79 Å². The highest BCUT2D eigenvalue weighted by Crippen LogP contribution is 2.02. The fraction of sp³-hybridized carbons (Fsp3) is 0.778. The molecule has 0 bridgehead atoms. The third-order valence-corrected chi connectivity index (χ3v) is 2.14. The van der Waals surface area contributed by atoms with Crippen molar-refractivity contribution >= 4 is 5.91 Å². The van der Waals surface area contributed by atoms with Crippen LogP contribution in [0.5, 0.6) is 0 Å². The summed E-state index contributed by atoms with van der Waals surface area (Å²) in [6, 6.07) is 1.75. The number of ether oxygens (including phenoxy) is 1. The van der Waals surface area contributed by atoms with E-state index in [1.54, 1.807) is 4.90 Å². The zero-order valence-electron chi connectivity index (χ0n) is 8.32. The largest absolute Gasteiger partial charge is 0.372 e. The van der Waals surface area contributed by atoms with Crippen molar-refractivity contribution in [3.63, 3.8) is 0 Å².